The van der Waals surface area contributed by atoms with Crippen LogP contribution in [-0.2, 0) is 26.0 Å². The number of sulfonamides is 1. The molecule has 0 fully saturated rings. The molecule has 6 heteroatoms. The summed E-state index contributed by atoms with van der Waals surface area (Å²) in [6.45, 7) is 3.42. The molecule has 100 valence electrons. The monoisotopic (exact) mass is 271 g/mol. The molecule has 0 aliphatic heterocycles. The van der Waals surface area contributed by atoms with E-state index in [0.29, 0.717) is 0 Å². The van der Waals surface area contributed by atoms with Crippen LogP contribution in [0.3, 0.4) is 0 Å². The predicted molar refractivity (Wildman–Crippen MR) is 67.6 cm³/mol. The molecule has 0 amide bonds. The zero-order chi connectivity index (χ0) is 13.8. The molecule has 5 nitrogen and oxygen atoms in total. The normalized spacial score (nSPS) is 13.1. The molecule has 0 saturated carbocycles. The van der Waals surface area contributed by atoms with Gasteiger partial charge in [-0.3, -0.25) is 4.79 Å². The van der Waals surface area contributed by atoms with E-state index in [-0.39, 0.29) is 4.90 Å². The highest BCUT2D eigenvalue weighted by atomic mass is 32.2. The van der Waals surface area contributed by atoms with Gasteiger partial charge in [-0.1, -0.05) is 19.1 Å². The Morgan fingerprint density at radius 3 is 2.33 bits per heavy atom. The van der Waals surface area contributed by atoms with Crippen LogP contribution < -0.4 is 4.72 Å². The molecule has 0 heterocycles. The van der Waals surface area contributed by atoms with E-state index < -0.39 is 22.0 Å². The number of hydrogen-bond acceptors (Lipinski definition) is 4. The number of rotatable bonds is 5. The van der Waals surface area contributed by atoms with Gasteiger partial charge in [0, 0.05) is 0 Å². The average Bonchev–Trinajstić information content (AvgIpc) is 2.37. The van der Waals surface area contributed by atoms with E-state index >= 15 is 0 Å². The van der Waals surface area contributed by atoms with Crippen LogP contribution in [0.25, 0.3) is 0 Å². The molecule has 18 heavy (non-hydrogen) atoms. The second kappa shape index (κ2) is 5.97. The lowest BCUT2D eigenvalue weighted by molar-refractivity contribution is -0.142. The Morgan fingerprint density at radius 1 is 1.33 bits per heavy atom. The van der Waals surface area contributed by atoms with Gasteiger partial charge in [0.25, 0.3) is 0 Å². The Hall–Kier alpha value is -1.40. The summed E-state index contributed by atoms with van der Waals surface area (Å²) < 4.78 is 30.6. The van der Waals surface area contributed by atoms with E-state index in [4.69, 9.17) is 0 Å². The molecule has 0 aromatic heterocycles. The third-order valence-electron chi connectivity index (χ3n) is 2.53. The van der Waals surface area contributed by atoms with Crippen molar-refractivity contribution in [3.8, 4) is 0 Å². The standard InChI is InChI=1S/C12H17NO4S/c1-4-10-5-7-11(8-6-10)18(15,16)13-9(2)12(14)17-3/h5-9,13H,4H2,1-3H3/t9-/m0/s1. The number of benzene rings is 1. The van der Waals surface area contributed by atoms with Crippen molar-refractivity contribution < 1.29 is 17.9 Å². The van der Waals surface area contributed by atoms with Crippen LogP contribution in [-0.4, -0.2) is 27.5 Å². The van der Waals surface area contributed by atoms with Crippen molar-refractivity contribution in [3.63, 3.8) is 0 Å². The highest BCUT2D eigenvalue weighted by Gasteiger charge is 2.22. The fraction of sp³-hybridized carbons (Fsp3) is 0.417. The minimum atomic E-state index is -3.69. The van der Waals surface area contributed by atoms with Crippen molar-refractivity contribution in [2.45, 2.75) is 31.2 Å². The Balaban J connectivity index is 2.89. The summed E-state index contributed by atoms with van der Waals surface area (Å²) in [5.74, 6) is -0.622. The van der Waals surface area contributed by atoms with Crippen LogP contribution >= 0.6 is 0 Å². The number of carbonyl (C=O) groups excluding carboxylic acids is 1. The summed E-state index contributed by atoms with van der Waals surface area (Å²) in [5, 5.41) is 0. The van der Waals surface area contributed by atoms with Crippen LogP contribution in [0.4, 0.5) is 0 Å². The number of aryl methyl sites for hydroxylation is 1. The van der Waals surface area contributed by atoms with Crippen LogP contribution in [0.1, 0.15) is 19.4 Å². The lowest BCUT2D eigenvalue weighted by Crippen LogP contribution is -2.39. The zero-order valence-corrected chi connectivity index (χ0v) is 11.5. The molecular formula is C12H17NO4S. The number of ether oxygens (including phenoxy) is 1. The van der Waals surface area contributed by atoms with Gasteiger partial charge in [0.15, 0.2) is 0 Å². The van der Waals surface area contributed by atoms with Gasteiger partial charge in [0.2, 0.25) is 10.0 Å². The molecule has 1 N–H and O–H groups in total. The van der Waals surface area contributed by atoms with Crippen molar-refractivity contribution in [2.75, 3.05) is 7.11 Å². The number of carbonyl (C=O) groups is 1. The first kappa shape index (κ1) is 14.7. The quantitative estimate of drug-likeness (QED) is 0.814. The van der Waals surface area contributed by atoms with Gasteiger partial charge in [0.1, 0.15) is 6.04 Å². The number of nitrogens with one attached hydrogen (secondary N) is 1. The molecule has 1 rings (SSSR count). The van der Waals surface area contributed by atoms with Gasteiger partial charge >= 0.3 is 5.97 Å². The summed E-state index contributed by atoms with van der Waals surface area (Å²) in [4.78, 5) is 11.3. The maximum Gasteiger partial charge on any atom is 0.323 e. The number of methoxy groups -OCH3 is 1. The Kier molecular flexibility index (Phi) is 4.86. The molecule has 0 aliphatic carbocycles. The molecular weight excluding hydrogens is 254 g/mol. The van der Waals surface area contributed by atoms with Crippen LogP contribution in [0, 0.1) is 0 Å². The predicted octanol–water partition coefficient (Wildman–Crippen LogP) is 1.09. The fourth-order valence-electron chi connectivity index (χ4n) is 1.43. The minimum Gasteiger partial charge on any atom is -0.468 e. The van der Waals surface area contributed by atoms with E-state index in [0.717, 1.165) is 12.0 Å². The largest absolute Gasteiger partial charge is 0.468 e. The van der Waals surface area contributed by atoms with Crippen molar-refractivity contribution >= 4 is 16.0 Å². The van der Waals surface area contributed by atoms with Gasteiger partial charge in [-0.25, -0.2) is 8.42 Å². The molecule has 0 unspecified atom stereocenters. The van der Waals surface area contributed by atoms with E-state index in [1.807, 2.05) is 6.92 Å². The van der Waals surface area contributed by atoms with Crippen molar-refractivity contribution in [1.29, 1.82) is 0 Å². The third kappa shape index (κ3) is 3.54. The SMILES string of the molecule is CCc1ccc(S(=O)(=O)N[C@@H](C)C(=O)OC)cc1. The molecule has 0 saturated heterocycles. The number of esters is 1. The maximum absolute atomic E-state index is 11.9. The fourth-order valence-corrected chi connectivity index (χ4v) is 2.62. The molecule has 1 aromatic rings. The van der Waals surface area contributed by atoms with Crippen molar-refractivity contribution in [3.05, 3.63) is 29.8 Å². The summed E-state index contributed by atoms with van der Waals surface area (Å²) in [6, 6.07) is 5.62. The molecule has 0 bridgehead atoms. The highest BCUT2D eigenvalue weighted by molar-refractivity contribution is 7.89. The Morgan fingerprint density at radius 2 is 1.89 bits per heavy atom. The lowest BCUT2D eigenvalue weighted by atomic mass is 10.2. The first-order valence-electron chi connectivity index (χ1n) is 5.59. The summed E-state index contributed by atoms with van der Waals surface area (Å²) in [5.41, 5.74) is 1.05. The van der Waals surface area contributed by atoms with Gasteiger partial charge in [-0.15, -0.1) is 0 Å². The first-order valence-corrected chi connectivity index (χ1v) is 7.08. The molecule has 0 radical (unpaired) electrons. The van der Waals surface area contributed by atoms with Crippen molar-refractivity contribution in [1.82, 2.24) is 4.72 Å². The van der Waals surface area contributed by atoms with Gasteiger partial charge in [-0.05, 0) is 31.0 Å². The highest BCUT2D eigenvalue weighted by Crippen LogP contribution is 2.11. The average molecular weight is 271 g/mol. The zero-order valence-electron chi connectivity index (χ0n) is 10.6. The Labute approximate surface area is 107 Å². The van der Waals surface area contributed by atoms with E-state index in [1.165, 1.54) is 26.2 Å². The van der Waals surface area contributed by atoms with E-state index in [2.05, 4.69) is 9.46 Å². The summed E-state index contributed by atoms with van der Waals surface area (Å²) >= 11 is 0. The Bertz CT molecular complexity index is 507. The van der Waals surface area contributed by atoms with E-state index in [9.17, 15) is 13.2 Å². The van der Waals surface area contributed by atoms with Gasteiger partial charge in [-0.2, -0.15) is 4.72 Å². The van der Waals surface area contributed by atoms with Crippen LogP contribution in [0.15, 0.2) is 29.2 Å². The molecule has 0 aliphatic rings. The van der Waals surface area contributed by atoms with E-state index in [1.54, 1.807) is 12.1 Å². The minimum absolute atomic E-state index is 0.135. The molecule has 0 spiro atoms. The van der Waals surface area contributed by atoms with Crippen molar-refractivity contribution in [2.24, 2.45) is 0 Å². The van der Waals surface area contributed by atoms with Crippen LogP contribution in [0.5, 0.6) is 0 Å². The molecule has 1 atom stereocenters. The second-order valence-electron chi connectivity index (χ2n) is 3.86. The second-order valence-corrected chi connectivity index (χ2v) is 5.58. The van der Waals surface area contributed by atoms with Gasteiger partial charge in [0.05, 0.1) is 12.0 Å². The topological polar surface area (TPSA) is 72.5 Å². The molecule has 1 aromatic carbocycles. The van der Waals surface area contributed by atoms with Gasteiger partial charge < -0.3 is 4.74 Å². The first-order chi connectivity index (χ1) is 8.40. The third-order valence-corrected chi connectivity index (χ3v) is 4.09. The maximum atomic E-state index is 11.9. The number of hydrogen-bond donors (Lipinski definition) is 1. The summed E-state index contributed by atoms with van der Waals surface area (Å²) in [6.07, 6.45) is 0.840. The smallest absolute Gasteiger partial charge is 0.323 e. The lowest BCUT2D eigenvalue weighted by Gasteiger charge is -2.12. The van der Waals surface area contributed by atoms with Crippen LogP contribution in [0.2, 0.25) is 0 Å². The summed E-state index contributed by atoms with van der Waals surface area (Å²) in [7, 11) is -2.48.